The molecule has 144 valence electrons. The van der Waals surface area contributed by atoms with Crippen molar-refractivity contribution in [2.45, 2.75) is 32.6 Å². The van der Waals surface area contributed by atoms with Crippen LogP contribution < -0.4 is 5.56 Å². The van der Waals surface area contributed by atoms with E-state index in [-0.39, 0.29) is 18.0 Å². The average Bonchev–Trinajstić information content (AvgIpc) is 3.16. The molecule has 0 atom stereocenters. The first-order chi connectivity index (χ1) is 13.1. The quantitative estimate of drug-likeness (QED) is 0.583. The number of H-pyrrole nitrogens is 1. The molecule has 1 N–H and O–H groups in total. The van der Waals surface area contributed by atoms with Crippen LogP contribution >= 0.6 is 35.3 Å². The zero-order valence-corrected chi connectivity index (χ0v) is 17.5. The second kappa shape index (κ2) is 8.36. The molecule has 1 aromatic carbocycles. The second-order valence-corrected chi connectivity index (χ2v) is 8.05. The van der Waals surface area contributed by atoms with Gasteiger partial charge in [0.1, 0.15) is 11.1 Å². The lowest BCUT2D eigenvalue weighted by Crippen LogP contribution is -2.17. The number of benzene rings is 1. The van der Waals surface area contributed by atoms with Crippen molar-refractivity contribution in [1.29, 1.82) is 5.26 Å². The number of aryl methyl sites for hydroxylation is 2. The fraction of sp³-hybridized carbons (Fsp3) is 0.250. The van der Waals surface area contributed by atoms with Crippen molar-refractivity contribution in [1.82, 2.24) is 9.78 Å². The molecular formula is C20H18Cl2N4OS. The fourth-order valence-corrected chi connectivity index (χ4v) is 4.76. The van der Waals surface area contributed by atoms with E-state index in [2.05, 4.69) is 16.2 Å². The van der Waals surface area contributed by atoms with Gasteiger partial charge in [0.15, 0.2) is 0 Å². The van der Waals surface area contributed by atoms with E-state index in [1.165, 1.54) is 9.56 Å². The van der Waals surface area contributed by atoms with E-state index in [0.29, 0.717) is 32.5 Å². The lowest BCUT2D eigenvalue weighted by molar-refractivity contribution is 0.696. The van der Waals surface area contributed by atoms with Gasteiger partial charge in [-0.15, -0.1) is 23.7 Å². The minimum absolute atomic E-state index is 0. The first kappa shape index (κ1) is 20.4. The minimum atomic E-state index is -0.196. The number of rotatable bonds is 3. The average molecular weight is 433 g/mol. The van der Waals surface area contributed by atoms with Crippen LogP contribution in [0.25, 0.3) is 5.69 Å². The van der Waals surface area contributed by atoms with Gasteiger partial charge in [0.05, 0.1) is 16.8 Å². The molecule has 0 aliphatic heterocycles. The number of halogens is 2. The molecule has 0 spiro atoms. The summed E-state index contributed by atoms with van der Waals surface area (Å²) in [4.78, 5) is 18.6. The standard InChI is InChI=1S/C20H17ClN4OS.ClH/c1-12-17(20(26)25(24-12)14-6-4-5-13(21)9-14)11-23-19-16(10-22)15-7-2-3-8-18(15)27-19;/h4-6,9,11,24H,2-3,7-8H2,1H3;1H/b23-11+;. The van der Waals surface area contributed by atoms with Crippen molar-refractivity contribution in [3.05, 3.63) is 66.9 Å². The van der Waals surface area contributed by atoms with Gasteiger partial charge in [0, 0.05) is 21.8 Å². The van der Waals surface area contributed by atoms with Gasteiger partial charge in [0.25, 0.3) is 5.56 Å². The molecule has 2 aromatic heterocycles. The van der Waals surface area contributed by atoms with Gasteiger partial charge in [-0.05, 0) is 56.4 Å². The fourth-order valence-electron chi connectivity index (χ4n) is 3.39. The third kappa shape index (κ3) is 3.66. The number of nitrogens with zero attached hydrogens (tertiary/aromatic N) is 3. The number of fused-ring (bicyclic) bond motifs is 1. The van der Waals surface area contributed by atoms with Crippen LogP contribution in [0, 0.1) is 18.3 Å². The Morgan fingerprint density at radius 1 is 1.36 bits per heavy atom. The summed E-state index contributed by atoms with van der Waals surface area (Å²) in [6.07, 6.45) is 5.78. The molecule has 0 saturated heterocycles. The van der Waals surface area contributed by atoms with E-state index in [4.69, 9.17) is 11.6 Å². The van der Waals surface area contributed by atoms with Crippen molar-refractivity contribution >= 4 is 46.6 Å². The van der Waals surface area contributed by atoms with Crippen molar-refractivity contribution in [3.8, 4) is 11.8 Å². The van der Waals surface area contributed by atoms with Crippen LogP contribution in [0.5, 0.6) is 0 Å². The van der Waals surface area contributed by atoms with Crippen molar-refractivity contribution in [2.75, 3.05) is 0 Å². The topological polar surface area (TPSA) is 73.9 Å². The number of nitriles is 1. The maximum atomic E-state index is 12.8. The van der Waals surface area contributed by atoms with Crippen LogP contribution in [0.4, 0.5) is 5.00 Å². The van der Waals surface area contributed by atoms with E-state index in [0.717, 1.165) is 31.2 Å². The summed E-state index contributed by atoms with van der Waals surface area (Å²) in [5.41, 5.74) is 3.46. The third-order valence-electron chi connectivity index (χ3n) is 4.76. The number of hydrogen-bond donors (Lipinski definition) is 1. The third-order valence-corrected chi connectivity index (χ3v) is 6.19. The molecule has 3 aromatic rings. The van der Waals surface area contributed by atoms with E-state index < -0.39 is 0 Å². The van der Waals surface area contributed by atoms with Gasteiger partial charge in [0.2, 0.25) is 0 Å². The van der Waals surface area contributed by atoms with Crippen molar-refractivity contribution in [2.24, 2.45) is 4.99 Å². The van der Waals surface area contributed by atoms with Gasteiger partial charge in [-0.3, -0.25) is 9.89 Å². The molecule has 2 heterocycles. The van der Waals surface area contributed by atoms with Gasteiger partial charge >= 0.3 is 0 Å². The Morgan fingerprint density at radius 3 is 2.89 bits per heavy atom. The van der Waals surface area contributed by atoms with E-state index in [1.54, 1.807) is 35.8 Å². The highest BCUT2D eigenvalue weighted by Gasteiger charge is 2.20. The molecule has 0 amide bonds. The van der Waals surface area contributed by atoms with Crippen LogP contribution in [0.3, 0.4) is 0 Å². The zero-order valence-electron chi connectivity index (χ0n) is 15.2. The molecule has 1 aliphatic rings. The number of aliphatic imine (C=N–C) groups is 1. The van der Waals surface area contributed by atoms with Crippen LogP contribution in [-0.2, 0) is 12.8 Å². The highest BCUT2D eigenvalue weighted by molar-refractivity contribution is 7.16. The highest BCUT2D eigenvalue weighted by Crippen LogP contribution is 2.39. The van der Waals surface area contributed by atoms with Crippen LogP contribution in [-0.4, -0.2) is 16.0 Å². The van der Waals surface area contributed by atoms with Gasteiger partial charge in [-0.1, -0.05) is 17.7 Å². The smallest absolute Gasteiger partial charge is 0.280 e. The van der Waals surface area contributed by atoms with Gasteiger partial charge in [-0.2, -0.15) is 5.26 Å². The number of aromatic amines is 1. The molecule has 0 unspecified atom stereocenters. The molecule has 1 aliphatic carbocycles. The Hall–Kier alpha value is -2.33. The van der Waals surface area contributed by atoms with E-state index in [9.17, 15) is 10.1 Å². The summed E-state index contributed by atoms with van der Waals surface area (Å²) in [5, 5.41) is 13.9. The molecule has 28 heavy (non-hydrogen) atoms. The Bertz CT molecular complexity index is 1150. The SMILES string of the molecule is Cc1[nH]n(-c2cccc(Cl)c2)c(=O)c1/C=N/c1sc2c(c1C#N)CCCC2.Cl. The Kier molecular flexibility index (Phi) is 6.09. The monoisotopic (exact) mass is 432 g/mol. The predicted octanol–water partition coefficient (Wildman–Crippen LogP) is 5.11. The zero-order chi connectivity index (χ0) is 19.0. The summed E-state index contributed by atoms with van der Waals surface area (Å²) >= 11 is 7.60. The number of thiophene rings is 1. The molecule has 4 rings (SSSR count). The molecule has 5 nitrogen and oxygen atoms in total. The number of nitrogens with one attached hydrogen (secondary N) is 1. The van der Waals surface area contributed by atoms with Gasteiger partial charge < -0.3 is 0 Å². The minimum Gasteiger partial charge on any atom is -0.295 e. The first-order valence-electron chi connectivity index (χ1n) is 8.74. The molecule has 0 radical (unpaired) electrons. The lowest BCUT2D eigenvalue weighted by atomic mass is 9.96. The summed E-state index contributed by atoms with van der Waals surface area (Å²) in [6.45, 7) is 1.83. The maximum Gasteiger partial charge on any atom is 0.280 e. The molecule has 0 bridgehead atoms. The van der Waals surface area contributed by atoms with Crippen LogP contribution in [0.15, 0.2) is 34.1 Å². The second-order valence-electron chi connectivity index (χ2n) is 6.53. The Morgan fingerprint density at radius 2 is 2.14 bits per heavy atom. The highest BCUT2D eigenvalue weighted by atomic mass is 35.5. The van der Waals surface area contributed by atoms with Crippen LogP contribution in [0.2, 0.25) is 5.02 Å². The number of hydrogen-bond acceptors (Lipinski definition) is 4. The van der Waals surface area contributed by atoms with Crippen LogP contribution in [0.1, 0.15) is 40.1 Å². The molecule has 0 fully saturated rings. The molecule has 0 saturated carbocycles. The Balaban J connectivity index is 0.00000225. The maximum absolute atomic E-state index is 12.8. The summed E-state index contributed by atoms with van der Waals surface area (Å²) < 4.78 is 1.45. The molecule has 8 heteroatoms. The van der Waals surface area contributed by atoms with Crippen molar-refractivity contribution in [3.63, 3.8) is 0 Å². The van der Waals surface area contributed by atoms with Crippen molar-refractivity contribution < 1.29 is 0 Å². The predicted molar refractivity (Wildman–Crippen MR) is 116 cm³/mol. The summed E-state index contributed by atoms with van der Waals surface area (Å²) in [6, 6.07) is 9.39. The number of aromatic nitrogens is 2. The summed E-state index contributed by atoms with van der Waals surface area (Å²) in [7, 11) is 0. The van der Waals surface area contributed by atoms with E-state index in [1.807, 2.05) is 13.0 Å². The normalized spacial score (nSPS) is 13.2. The lowest BCUT2D eigenvalue weighted by Gasteiger charge is -2.09. The summed E-state index contributed by atoms with van der Waals surface area (Å²) in [5.74, 6) is 0. The Labute approximate surface area is 177 Å². The van der Waals surface area contributed by atoms with Gasteiger partial charge in [-0.25, -0.2) is 9.67 Å². The van der Waals surface area contributed by atoms with E-state index >= 15 is 0 Å². The first-order valence-corrected chi connectivity index (χ1v) is 9.94. The largest absolute Gasteiger partial charge is 0.295 e. The molecular weight excluding hydrogens is 415 g/mol.